The quantitative estimate of drug-likeness (QED) is 0.109. The summed E-state index contributed by atoms with van der Waals surface area (Å²) in [4.78, 5) is 17.0. The van der Waals surface area contributed by atoms with Crippen LogP contribution in [0.5, 0.6) is 0 Å². The van der Waals surface area contributed by atoms with Gasteiger partial charge in [-0.15, -0.1) is 0 Å². The SMILES string of the molecule is CCCCCCCCCCCCCCCCCCn1c2ccccc2c2c3c(c4c5ccccc5[nH]c4c21)CNC3=O. The number of carbonyl (C=O) groups is 1. The molecule has 3 heterocycles. The third-order valence-electron chi connectivity index (χ3n) is 9.66. The smallest absolute Gasteiger partial charge is 0.252 e. The molecule has 1 amide bonds. The van der Waals surface area contributed by atoms with Gasteiger partial charge in [-0.3, -0.25) is 4.79 Å². The number of hydrogen-bond acceptors (Lipinski definition) is 1. The molecular formula is C38H49N3O. The number of aryl methyl sites for hydroxylation is 1. The number of H-pyrrole nitrogens is 1. The van der Waals surface area contributed by atoms with Crippen LogP contribution in [0.25, 0.3) is 43.6 Å². The third kappa shape index (κ3) is 5.82. The van der Waals surface area contributed by atoms with E-state index in [0.717, 1.165) is 35.0 Å². The lowest BCUT2D eigenvalue weighted by molar-refractivity contribution is 0.0967. The van der Waals surface area contributed by atoms with Gasteiger partial charge in [0.15, 0.2) is 0 Å². The van der Waals surface area contributed by atoms with Crippen LogP contribution in [0, 0.1) is 0 Å². The molecule has 1 aliphatic heterocycles. The highest BCUT2D eigenvalue weighted by Gasteiger charge is 2.30. The molecule has 0 fully saturated rings. The van der Waals surface area contributed by atoms with Crippen molar-refractivity contribution in [3.63, 3.8) is 0 Å². The van der Waals surface area contributed by atoms with E-state index in [2.05, 4.69) is 70.3 Å². The summed E-state index contributed by atoms with van der Waals surface area (Å²) in [6, 6.07) is 17.2. The van der Waals surface area contributed by atoms with Crippen LogP contribution in [-0.2, 0) is 13.1 Å². The number of benzene rings is 3. The molecule has 0 saturated carbocycles. The van der Waals surface area contributed by atoms with Crippen molar-refractivity contribution in [2.45, 2.75) is 123 Å². The minimum atomic E-state index is 0.0625. The summed E-state index contributed by atoms with van der Waals surface area (Å²) in [5, 5.41) is 7.87. The van der Waals surface area contributed by atoms with Crippen LogP contribution in [0.3, 0.4) is 0 Å². The summed E-state index contributed by atoms with van der Waals surface area (Å²) in [5.41, 5.74) is 6.77. The van der Waals surface area contributed by atoms with Crippen LogP contribution in [0.1, 0.15) is 126 Å². The molecule has 6 rings (SSSR count). The fourth-order valence-electron chi connectivity index (χ4n) is 7.46. The van der Waals surface area contributed by atoms with Gasteiger partial charge in [0, 0.05) is 45.7 Å². The minimum Gasteiger partial charge on any atom is -0.353 e. The molecule has 222 valence electrons. The van der Waals surface area contributed by atoms with E-state index in [4.69, 9.17) is 0 Å². The largest absolute Gasteiger partial charge is 0.353 e. The summed E-state index contributed by atoms with van der Waals surface area (Å²) in [6.45, 7) is 3.87. The number of aromatic nitrogens is 2. The lowest BCUT2D eigenvalue weighted by atomic mass is 9.97. The number of carbonyl (C=O) groups excluding carboxylic acids is 1. The van der Waals surface area contributed by atoms with E-state index in [9.17, 15) is 4.79 Å². The zero-order valence-electron chi connectivity index (χ0n) is 25.7. The molecule has 4 heteroatoms. The second kappa shape index (κ2) is 13.8. The van der Waals surface area contributed by atoms with Gasteiger partial charge in [0.25, 0.3) is 5.91 Å². The lowest BCUT2D eigenvalue weighted by Gasteiger charge is -2.10. The molecule has 0 atom stereocenters. The van der Waals surface area contributed by atoms with Crippen molar-refractivity contribution in [1.82, 2.24) is 14.9 Å². The van der Waals surface area contributed by atoms with E-state index in [1.165, 1.54) is 129 Å². The van der Waals surface area contributed by atoms with Gasteiger partial charge in [0.05, 0.1) is 16.6 Å². The molecule has 4 nitrogen and oxygen atoms in total. The van der Waals surface area contributed by atoms with Crippen molar-refractivity contribution < 1.29 is 4.79 Å². The molecule has 0 bridgehead atoms. The summed E-state index contributed by atoms with van der Waals surface area (Å²) < 4.78 is 2.50. The highest BCUT2D eigenvalue weighted by molar-refractivity contribution is 6.30. The molecule has 0 spiro atoms. The molecule has 3 aromatic carbocycles. The molecule has 1 aliphatic rings. The fourth-order valence-corrected chi connectivity index (χ4v) is 7.46. The number of unbranched alkanes of at least 4 members (excludes halogenated alkanes) is 15. The van der Waals surface area contributed by atoms with Gasteiger partial charge in [-0.05, 0) is 24.1 Å². The summed E-state index contributed by atoms with van der Waals surface area (Å²) >= 11 is 0. The Morgan fingerprint density at radius 2 is 1.24 bits per heavy atom. The van der Waals surface area contributed by atoms with Gasteiger partial charge in [0.2, 0.25) is 0 Å². The number of aromatic amines is 1. The summed E-state index contributed by atoms with van der Waals surface area (Å²) in [5.74, 6) is 0.0625. The van der Waals surface area contributed by atoms with Crippen LogP contribution >= 0.6 is 0 Å². The minimum absolute atomic E-state index is 0.0625. The second-order valence-corrected chi connectivity index (χ2v) is 12.7. The molecule has 0 radical (unpaired) electrons. The van der Waals surface area contributed by atoms with Crippen molar-refractivity contribution in [3.05, 3.63) is 59.7 Å². The molecule has 2 N–H and O–H groups in total. The Hall–Kier alpha value is -3.27. The van der Waals surface area contributed by atoms with Crippen LogP contribution in [0.15, 0.2) is 48.5 Å². The van der Waals surface area contributed by atoms with Crippen LogP contribution in [-0.4, -0.2) is 15.5 Å². The lowest BCUT2D eigenvalue weighted by Crippen LogP contribution is -2.12. The monoisotopic (exact) mass is 563 g/mol. The maximum Gasteiger partial charge on any atom is 0.252 e. The zero-order chi connectivity index (χ0) is 28.7. The van der Waals surface area contributed by atoms with Crippen LogP contribution < -0.4 is 5.32 Å². The highest BCUT2D eigenvalue weighted by Crippen LogP contribution is 2.43. The van der Waals surface area contributed by atoms with Gasteiger partial charge in [0.1, 0.15) is 0 Å². The molecule has 42 heavy (non-hydrogen) atoms. The Bertz CT molecular complexity index is 1660. The van der Waals surface area contributed by atoms with Crippen LogP contribution in [0.4, 0.5) is 0 Å². The molecular weight excluding hydrogens is 514 g/mol. The number of rotatable bonds is 17. The van der Waals surface area contributed by atoms with E-state index < -0.39 is 0 Å². The predicted octanol–water partition coefficient (Wildman–Crippen LogP) is 10.9. The number of fused-ring (bicyclic) bond motifs is 10. The predicted molar refractivity (Wildman–Crippen MR) is 180 cm³/mol. The molecule has 0 aliphatic carbocycles. The first-order valence-electron chi connectivity index (χ1n) is 17.0. The van der Waals surface area contributed by atoms with Crippen molar-refractivity contribution in [2.75, 3.05) is 0 Å². The Morgan fingerprint density at radius 3 is 1.90 bits per heavy atom. The first-order valence-corrected chi connectivity index (χ1v) is 17.0. The number of nitrogens with zero attached hydrogens (tertiary/aromatic N) is 1. The van der Waals surface area contributed by atoms with E-state index in [0.29, 0.717) is 6.54 Å². The number of hydrogen-bond donors (Lipinski definition) is 2. The average molecular weight is 564 g/mol. The first-order chi connectivity index (χ1) is 20.8. The number of amides is 1. The topological polar surface area (TPSA) is 49.8 Å². The summed E-state index contributed by atoms with van der Waals surface area (Å²) in [7, 11) is 0. The fraction of sp³-hybridized carbons (Fsp3) is 0.500. The van der Waals surface area contributed by atoms with Crippen molar-refractivity contribution in [2.24, 2.45) is 0 Å². The number of para-hydroxylation sites is 2. The standard InChI is InChI=1S/C38H49N3O/c1-2-3-4-5-6-7-8-9-10-11-12-13-14-15-16-21-26-41-32-25-20-18-23-29(32)34-35-30(27-39-38(35)42)33-28-22-17-19-24-31(28)40-36(33)37(34)41/h17-20,22-25,40H,2-16,21,26-27H2,1H3,(H,39,42). The van der Waals surface area contributed by atoms with Crippen molar-refractivity contribution >= 4 is 49.5 Å². The Morgan fingerprint density at radius 1 is 0.667 bits per heavy atom. The Kier molecular flexibility index (Phi) is 9.47. The molecule has 0 saturated heterocycles. The van der Waals surface area contributed by atoms with E-state index in [1.54, 1.807) is 0 Å². The Balaban J connectivity index is 1.07. The molecule has 2 aromatic heterocycles. The van der Waals surface area contributed by atoms with E-state index in [-0.39, 0.29) is 5.91 Å². The van der Waals surface area contributed by atoms with Gasteiger partial charge in [-0.1, -0.05) is 140 Å². The average Bonchev–Trinajstić information content (AvgIpc) is 3.68. The van der Waals surface area contributed by atoms with Crippen molar-refractivity contribution in [1.29, 1.82) is 0 Å². The van der Waals surface area contributed by atoms with Gasteiger partial charge in [-0.25, -0.2) is 0 Å². The van der Waals surface area contributed by atoms with E-state index >= 15 is 0 Å². The maximum absolute atomic E-state index is 13.2. The number of nitrogens with one attached hydrogen (secondary N) is 2. The van der Waals surface area contributed by atoms with Gasteiger partial charge >= 0.3 is 0 Å². The zero-order valence-corrected chi connectivity index (χ0v) is 25.7. The first kappa shape index (κ1) is 28.8. The van der Waals surface area contributed by atoms with Gasteiger partial charge < -0.3 is 14.9 Å². The Labute approximate surface area is 251 Å². The normalized spacial score (nSPS) is 13.2. The molecule has 0 unspecified atom stereocenters. The van der Waals surface area contributed by atoms with Crippen molar-refractivity contribution in [3.8, 4) is 0 Å². The van der Waals surface area contributed by atoms with E-state index in [1.807, 2.05) is 0 Å². The maximum atomic E-state index is 13.2. The second-order valence-electron chi connectivity index (χ2n) is 12.7. The third-order valence-corrected chi connectivity index (χ3v) is 9.66. The highest BCUT2D eigenvalue weighted by atomic mass is 16.1. The van der Waals surface area contributed by atoms with Gasteiger partial charge in [-0.2, -0.15) is 0 Å². The van der Waals surface area contributed by atoms with Crippen LogP contribution in [0.2, 0.25) is 0 Å². The summed E-state index contributed by atoms with van der Waals surface area (Å²) in [6.07, 6.45) is 22.1. The molecule has 5 aromatic rings.